The van der Waals surface area contributed by atoms with E-state index in [1.165, 1.54) is 12.8 Å². The SMILES string of the molecule is CC1=[C]([Hf+2]([C]2=C(C)C=CC2)=[C](C)C)CC=C1.[Cl-].[Cl-]. The summed E-state index contributed by atoms with van der Waals surface area (Å²) in [6, 6.07) is 0. The summed E-state index contributed by atoms with van der Waals surface area (Å²) in [6.07, 6.45) is 11.8. The van der Waals surface area contributed by atoms with Crippen LogP contribution in [0.1, 0.15) is 40.5 Å². The van der Waals surface area contributed by atoms with Gasteiger partial charge in [-0.2, -0.15) is 0 Å². The van der Waals surface area contributed by atoms with Crippen LogP contribution in [0.15, 0.2) is 42.1 Å². The Morgan fingerprint density at radius 2 is 1.28 bits per heavy atom. The van der Waals surface area contributed by atoms with E-state index in [0.717, 1.165) is 0 Å². The molecular weight excluding hydrogens is 430 g/mol. The van der Waals surface area contributed by atoms with Crippen LogP contribution in [0, 0.1) is 0 Å². The molecule has 0 aromatic heterocycles. The summed E-state index contributed by atoms with van der Waals surface area (Å²) in [4.78, 5) is 0. The van der Waals surface area contributed by atoms with Crippen molar-refractivity contribution in [3.8, 4) is 0 Å². The van der Waals surface area contributed by atoms with Gasteiger partial charge < -0.3 is 24.8 Å². The molecule has 3 heteroatoms. The van der Waals surface area contributed by atoms with E-state index in [0.29, 0.717) is 0 Å². The van der Waals surface area contributed by atoms with Crippen LogP contribution in [0.3, 0.4) is 0 Å². The minimum atomic E-state index is -1.80. The second-order valence-electron chi connectivity index (χ2n) is 4.91. The Hall–Kier alpha value is 0.280. The molecule has 0 bridgehead atoms. The standard InChI is InChI=1S/2C6H7.C3H6.2ClH.Hf/c2*1-6-4-2-3-5-6;1-3-2;;;/h2*2,4H,3H2,1H3;1-2H3;2*1H;/q;;;;;+2/p-2. The van der Waals surface area contributed by atoms with Crippen LogP contribution in [-0.4, -0.2) is 3.26 Å². The Morgan fingerprint density at radius 3 is 1.50 bits per heavy atom. The third-order valence-electron chi connectivity index (χ3n) is 3.44. The van der Waals surface area contributed by atoms with Crippen LogP contribution < -0.4 is 24.8 Å². The second-order valence-corrected chi connectivity index (χ2v) is 15.5. The molecule has 2 aliphatic carbocycles. The molecule has 0 aliphatic heterocycles. The first-order valence-corrected chi connectivity index (χ1v) is 11.4. The zero-order chi connectivity index (χ0) is 11.7. The van der Waals surface area contributed by atoms with Crippen LogP contribution in [0.5, 0.6) is 0 Å². The van der Waals surface area contributed by atoms with Gasteiger partial charge in [0.1, 0.15) is 0 Å². The summed E-state index contributed by atoms with van der Waals surface area (Å²) < 4.78 is 5.38. The van der Waals surface area contributed by atoms with Gasteiger partial charge in [-0.25, -0.2) is 0 Å². The maximum absolute atomic E-state index is 2.36. The molecule has 0 saturated heterocycles. The van der Waals surface area contributed by atoms with E-state index in [1.807, 2.05) is 6.66 Å². The average molecular weight is 450 g/mol. The Kier molecular flexibility index (Phi) is 7.89. The van der Waals surface area contributed by atoms with Crippen LogP contribution >= 0.6 is 0 Å². The molecule has 2 rings (SSSR count). The zero-order valence-corrected chi connectivity index (χ0v) is 16.6. The van der Waals surface area contributed by atoms with E-state index in [2.05, 4.69) is 52.0 Å². The molecule has 0 spiro atoms. The fourth-order valence-corrected chi connectivity index (χ4v) is 14.0. The smallest absolute Gasteiger partial charge is 1.00 e. The van der Waals surface area contributed by atoms with Gasteiger partial charge in [-0.1, -0.05) is 0 Å². The summed E-state index contributed by atoms with van der Waals surface area (Å²) in [5.41, 5.74) is 3.13. The molecule has 0 aromatic carbocycles. The van der Waals surface area contributed by atoms with Crippen LogP contribution in [0.2, 0.25) is 0 Å². The van der Waals surface area contributed by atoms with Gasteiger partial charge in [-0.15, -0.1) is 0 Å². The Morgan fingerprint density at radius 1 is 0.889 bits per heavy atom. The van der Waals surface area contributed by atoms with Gasteiger partial charge >= 0.3 is 107 Å². The Balaban J connectivity index is 0.00000144. The van der Waals surface area contributed by atoms with E-state index in [-0.39, 0.29) is 24.8 Å². The molecule has 0 saturated carbocycles. The van der Waals surface area contributed by atoms with Crippen molar-refractivity contribution in [3.63, 3.8) is 0 Å². The van der Waals surface area contributed by atoms with Gasteiger partial charge in [0.25, 0.3) is 0 Å². The monoisotopic (exact) mass is 450 g/mol. The van der Waals surface area contributed by atoms with Gasteiger partial charge in [0, 0.05) is 0 Å². The van der Waals surface area contributed by atoms with E-state index < -0.39 is 21.0 Å². The maximum atomic E-state index is 2.36. The molecule has 0 heterocycles. The van der Waals surface area contributed by atoms with Gasteiger partial charge in [-0.3, -0.25) is 0 Å². The normalized spacial score (nSPS) is 16.4. The van der Waals surface area contributed by atoms with E-state index in [9.17, 15) is 0 Å². The predicted molar refractivity (Wildman–Crippen MR) is 69.3 cm³/mol. The molecule has 0 unspecified atom stereocenters. The average Bonchev–Trinajstić information content (AvgIpc) is 2.79. The molecule has 0 aromatic rings. The maximum Gasteiger partial charge on any atom is -1.00 e. The van der Waals surface area contributed by atoms with Crippen molar-refractivity contribution in [1.29, 1.82) is 0 Å². The molecule has 0 fully saturated rings. The molecule has 98 valence electrons. The molecule has 0 nitrogen and oxygen atoms in total. The van der Waals surface area contributed by atoms with E-state index >= 15 is 0 Å². The first kappa shape index (κ1) is 18.3. The fraction of sp³-hybridized carbons (Fsp3) is 0.400. The number of hydrogen-bond donors (Lipinski definition) is 0. The van der Waals surface area contributed by atoms with Gasteiger partial charge in [0.2, 0.25) is 0 Å². The number of hydrogen-bond acceptors (Lipinski definition) is 0. The number of halogens is 2. The minimum absolute atomic E-state index is 0. The van der Waals surface area contributed by atoms with Gasteiger partial charge in [0.15, 0.2) is 0 Å². The zero-order valence-electron chi connectivity index (χ0n) is 11.5. The summed E-state index contributed by atoms with van der Waals surface area (Å²) in [7, 11) is 0. The Labute approximate surface area is 131 Å². The van der Waals surface area contributed by atoms with Crippen molar-refractivity contribution in [3.05, 3.63) is 42.1 Å². The quantitative estimate of drug-likeness (QED) is 0.441. The fourth-order valence-electron chi connectivity index (χ4n) is 2.61. The van der Waals surface area contributed by atoms with E-state index in [4.69, 9.17) is 0 Å². The third-order valence-corrected chi connectivity index (χ3v) is 15.7. The second kappa shape index (κ2) is 7.77. The third kappa shape index (κ3) is 3.65. The topological polar surface area (TPSA) is 0 Å². The van der Waals surface area contributed by atoms with Gasteiger partial charge in [-0.05, 0) is 0 Å². The summed E-state index contributed by atoms with van der Waals surface area (Å²) in [5, 5.41) is 0. The van der Waals surface area contributed by atoms with Crippen LogP contribution in [0.4, 0.5) is 0 Å². The number of allylic oxidation sites excluding steroid dienone is 8. The predicted octanol–water partition coefficient (Wildman–Crippen LogP) is -1.71. The largest absolute Gasteiger partial charge is 1.00 e. The van der Waals surface area contributed by atoms with Crippen molar-refractivity contribution in [1.82, 2.24) is 0 Å². The van der Waals surface area contributed by atoms with Crippen LogP contribution in [-0.2, 0) is 21.0 Å². The summed E-state index contributed by atoms with van der Waals surface area (Å²) in [6.45, 7) is 9.31. The molecule has 0 radical (unpaired) electrons. The van der Waals surface area contributed by atoms with Crippen molar-refractivity contribution in [2.75, 3.05) is 0 Å². The molecule has 0 atom stereocenters. The molecule has 0 amide bonds. The van der Waals surface area contributed by atoms with Gasteiger partial charge in [0.05, 0.1) is 0 Å². The molecular formula is C15H20Cl2Hf. The van der Waals surface area contributed by atoms with Crippen molar-refractivity contribution in [2.24, 2.45) is 0 Å². The van der Waals surface area contributed by atoms with Crippen molar-refractivity contribution >= 4 is 3.26 Å². The number of rotatable bonds is 2. The molecule has 2 aliphatic rings. The van der Waals surface area contributed by atoms with Crippen LogP contribution in [0.25, 0.3) is 0 Å². The first-order valence-electron chi connectivity index (χ1n) is 6.02. The summed E-state index contributed by atoms with van der Waals surface area (Å²) >= 11 is -1.80. The minimum Gasteiger partial charge on any atom is -1.00 e. The van der Waals surface area contributed by atoms with E-state index in [1.54, 1.807) is 14.4 Å². The molecule has 18 heavy (non-hydrogen) atoms. The molecule has 0 N–H and O–H groups in total. The van der Waals surface area contributed by atoms with Crippen molar-refractivity contribution in [2.45, 2.75) is 40.5 Å². The Bertz CT molecular complexity index is 435. The van der Waals surface area contributed by atoms with Crippen molar-refractivity contribution < 1.29 is 45.8 Å². The summed E-state index contributed by atoms with van der Waals surface area (Å²) in [5.74, 6) is 0. The first-order chi connectivity index (χ1) is 7.61.